The number of methoxy groups -OCH3 is 4. The number of aromatic nitrogens is 3. The summed E-state index contributed by atoms with van der Waals surface area (Å²) in [5, 5.41) is 8.00. The number of rotatable bonds is 8. The number of hydrogen-bond acceptors (Lipinski definition) is 8. The fourth-order valence-electron chi connectivity index (χ4n) is 3.49. The second-order valence-corrected chi connectivity index (χ2v) is 7.09. The first-order valence-corrected chi connectivity index (χ1v) is 10.1. The molecule has 9 nitrogen and oxygen atoms in total. The Morgan fingerprint density at radius 1 is 0.939 bits per heavy atom. The van der Waals surface area contributed by atoms with Crippen LogP contribution in [0.1, 0.15) is 15.9 Å². The van der Waals surface area contributed by atoms with E-state index in [1.54, 1.807) is 44.2 Å². The molecule has 0 atom stereocenters. The molecule has 1 N–H and O–H groups in total. The van der Waals surface area contributed by atoms with Crippen LogP contribution in [0.5, 0.6) is 17.2 Å². The van der Waals surface area contributed by atoms with E-state index in [-0.39, 0.29) is 5.97 Å². The molecule has 0 radical (unpaired) electrons. The number of benzene rings is 2. The van der Waals surface area contributed by atoms with Crippen LogP contribution in [-0.4, -0.2) is 49.0 Å². The van der Waals surface area contributed by atoms with Crippen LogP contribution < -0.4 is 19.5 Å². The molecule has 0 amide bonds. The second kappa shape index (κ2) is 9.47. The van der Waals surface area contributed by atoms with E-state index in [2.05, 4.69) is 15.4 Å². The minimum absolute atomic E-state index is 0.379. The number of ether oxygens (including phenoxy) is 4. The number of imidazole rings is 1. The summed E-state index contributed by atoms with van der Waals surface area (Å²) in [7, 11) is 6.10. The van der Waals surface area contributed by atoms with Crippen molar-refractivity contribution in [2.45, 2.75) is 6.54 Å². The molecule has 9 heteroatoms. The Bertz CT molecular complexity index is 1260. The van der Waals surface area contributed by atoms with Gasteiger partial charge >= 0.3 is 5.97 Å². The maximum Gasteiger partial charge on any atom is 0.337 e. The van der Waals surface area contributed by atoms with E-state index >= 15 is 0 Å². The second-order valence-electron chi connectivity index (χ2n) is 7.09. The summed E-state index contributed by atoms with van der Waals surface area (Å²) in [6.45, 7) is 0.493. The molecule has 0 aliphatic carbocycles. The third kappa shape index (κ3) is 4.38. The predicted octanol–water partition coefficient (Wildman–Crippen LogP) is 3.82. The predicted molar refractivity (Wildman–Crippen MR) is 123 cm³/mol. The van der Waals surface area contributed by atoms with Gasteiger partial charge in [0.1, 0.15) is 5.82 Å². The van der Waals surface area contributed by atoms with Gasteiger partial charge in [0, 0.05) is 12.1 Å². The van der Waals surface area contributed by atoms with Crippen molar-refractivity contribution in [3.05, 3.63) is 65.9 Å². The normalized spacial score (nSPS) is 10.7. The van der Waals surface area contributed by atoms with E-state index in [1.807, 2.05) is 36.4 Å². The van der Waals surface area contributed by atoms with Crippen molar-refractivity contribution in [3.63, 3.8) is 0 Å². The third-order valence-electron chi connectivity index (χ3n) is 5.16. The van der Waals surface area contributed by atoms with E-state index in [4.69, 9.17) is 18.9 Å². The SMILES string of the molecule is COC(=O)c1ccc(-c2cnc3ccc(NCc4cc(OC)c(OC)c(OC)c4)nn23)cc1. The standard InChI is InChI=1S/C24H24N4O5/c1-30-19-11-15(12-20(31-2)23(19)32-3)13-25-21-9-10-22-26-14-18(28(22)27-21)16-5-7-17(8-6-16)24(29)33-4/h5-12,14H,13H2,1-4H3,(H,25,27). The summed E-state index contributed by atoms with van der Waals surface area (Å²) in [5.74, 6) is 2.01. The number of anilines is 1. The summed E-state index contributed by atoms with van der Waals surface area (Å²) < 4.78 is 22.7. The van der Waals surface area contributed by atoms with Gasteiger partial charge in [-0.15, -0.1) is 5.10 Å². The summed E-state index contributed by atoms with van der Waals surface area (Å²) in [6, 6.07) is 14.6. The van der Waals surface area contributed by atoms with Crippen LogP contribution in [0.3, 0.4) is 0 Å². The molecule has 0 aliphatic heterocycles. The van der Waals surface area contributed by atoms with Crippen molar-refractivity contribution in [2.24, 2.45) is 0 Å². The molecule has 0 saturated heterocycles. The van der Waals surface area contributed by atoms with E-state index in [0.717, 1.165) is 16.8 Å². The molecule has 170 valence electrons. The fourth-order valence-corrected chi connectivity index (χ4v) is 3.49. The maximum absolute atomic E-state index is 11.7. The Balaban J connectivity index is 1.59. The lowest BCUT2D eigenvalue weighted by molar-refractivity contribution is 0.0600. The van der Waals surface area contributed by atoms with E-state index in [9.17, 15) is 4.79 Å². The molecule has 2 aromatic carbocycles. The molecule has 0 aliphatic rings. The topological polar surface area (TPSA) is 96.2 Å². The zero-order chi connectivity index (χ0) is 23.4. The molecule has 0 spiro atoms. The molecule has 33 heavy (non-hydrogen) atoms. The quantitative estimate of drug-likeness (QED) is 0.407. The Morgan fingerprint density at radius 3 is 2.24 bits per heavy atom. The highest BCUT2D eigenvalue weighted by atomic mass is 16.5. The lowest BCUT2D eigenvalue weighted by Crippen LogP contribution is -2.06. The largest absolute Gasteiger partial charge is 0.493 e. The van der Waals surface area contributed by atoms with Gasteiger partial charge in [0.05, 0.1) is 45.9 Å². The lowest BCUT2D eigenvalue weighted by Gasteiger charge is -2.14. The van der Waals surface area contributed by atoms with Gasteiger partial charge in [-0.3, -0.25) is 0 Å². The van der Waals surface area contributed by atoms with Crippen LogP contribution in [0, 0.1) is 0 Å². The van der Waals surface area contributed by atoms with Crippen LogP contribution in [0.25, 0.3) is 16.9 Å². The van der Waals surface area contributed by atoms with E-state index in [0.29, 0.717) is 40.8 Å². The number of carbonyl (C=O) groups excluding carboxylic acids is 1. The molecule has 0 bridgehead atoms. The van der Waals surface area contributed by atoms with E-state index < -0.39 is 0 Å². The highest BCUT2D eigenvalue weighted by molar-refractivity contribution is 5.89. The first-order chi connectivity index (χ1) is 16.1. The van der Waals surface area contributed by atoms with Crippen LogP contribution >= 0.6 is 0 Å². The molecule has 0 fully saturated rings. The third-order valence-corrected chi connectivity index (χ3v) is 5.16. The van der Waals surface area contributed by atoms with Gasteiger partial charge in [-0.1, -0.05) is 12.1 Å². The number of hydrogen-bond donors (Lipinski definition) is 1. The first-order valence-electron chi connectivity index (χ1n) is 10.1. The Labute approximate surface area is 190 Å². The van der Waals surface area contributed by atoms with Crippen LogP contribution in [0.4, 0.5) is 5.82 Å². The molecule has 0 saturated carbocycles. The highest BCUT2D eigenvalue weighted by Gasteiger charge is 2.14. The summed E-state index contributed by atoms with van der Waals surface area (Å²) >= 11 is 0. The van der Waals surface area contributed by atoms with Gasteiger partial charge < -0.3 is 24.3 Å². The fraction of sp³-hybridized carbons (Fsp3) is 0.208. The van der Waals surface area contributed by atoms with Gasteiger partial charge in [-0.05, 0) is 42.0 Å². The number of nitrogens with zero attached hydrogens (tertiary/aromatic N) is 3. The van der Waals surface area contributed by atoms with Gasteiger partial charge in [0.2, 0.25) is 5.75 Å². The van der Waals surface area contributed by atoms with Gasteiger partial charge in [0.25, 0.3) is 0 Å². The molecule has 2 aromatic heterocycles. The smallest absolute Gasteiger partial charge is 0.337 e. The number of fused-ring (bicyclic) bond motifs is 1. The monoisotopic (exact) mass is 448 g/mol. The molecule has 4 rings (SSSR count). The number of esters is 1. The van der Waals surface area contributed by atoms with Gasteiger partial charge in [0.15, 0.2) is 17.1 Å². The van der Waals surface area contributed by atoms with Crippen molar-refractivity contribution in [2.75, 3.05) is 33.8 Å². The average Bonchev–Trinajstić information content (AvgIpc) is 3.29. The zero-order valence-electron chi connectivity index (χ0n) is 18.8. The van der Waals surface area contributed by atoms with Crippen molar-refractivity contribution in [1.82, 2.24) is 14.6 Å². The van der Waals surface area contributed by atoms with Gasteiger partial charge in [-0.2, -0.15) is 0 Å². The van der Waals surface area contributed by atoms with Crippen LogP contribution in [-0.2, 0) is 11.3 Å². The average molecular weight is 448 g/mol. The minimum Gasteiger partial charge on any atom is -0.493 e. The Hall–Kier alpha value is -4.27. The number of carbonyl (C=O) groups is 1. The Kier molecular flexibility index (Phi) is 6.30. The van der Waals surface area contributed by atoms with Gasteiger partial charge in [-0.25, -0.2) is 14.3 Å². The molecular formula is C24H24N4O5. The molecule has 4 aromatic rings. The maximum atomic E-state index is 11.7. The molecular weight excluding hydrogens is 424 g/mol. The van der Waals surface area contributed by atoms with Crippen molar-refractivity contribution in [3.8, 4) is 28.5 Å². The minimum atomic E-state index is -0.379. The number of nitrogens with one attached hydrogen (secondary N) is 1. The van der Waals surface area contributed by atoms with Crippen molar-refractivity contribution < 1.29 is 23.7 Å². The highest BCUT2D eigenvalue weighted by Crippen LogP contribution is 2.38. The summed E-state index contributed by atoms with van der Waals surface area (Å²) in [6.07, 6.45) is 1.75. The van der Waals surface area contributed by atoms with Crippen LogP contribution in [0.2, 0.25) is 0 Å². The summed E-state index contributed by atoms with van der Waals surface area (Å²) in [4.78, 5) is 16.1. The molecule has 2 heterocycles. The summed E-state index contributed by atoms with van der Waals surface area (Å²) in [5.41, 5.74) is 3.81. The zero-order valence-corrected chi connectivity index (χ0v) is 18.8. The van der Waals surface area contributed by atoms with Crippen molar-refractivity contribution >= 4 is 17.4 Å². The van der Waals surface area contributed by atoms with E-state index in [1.165, 1.54) is 7.11 Å². The van der Waals surface area contributed by atoms with Crippen LogP contribution in [0.15, 0.2) is 54.7 Å². The van der Waals surface area contributed by atoms with Crippen molar-refractivity contribution in [1.29, 1.82) is 0 Å². The lowest BCUT2D eigenvalue weighted by atomic mass is 10.1. The molecule has 0 unspecified atom stereocenters. The first kappa shape index (κ1) is 21.9. The Morgan fingerprint density at radius 2 is 1.64 bits per heavy atom.